The lowest BCUT2D eigenvalue weighted by molar-refractivity contribution is -0.265. The summed E-state index contributed by atoms with van der Waals surface area (Å²) in [6.07, 6.45) is -1.76. The lowest BCUT2D eigenvalue weighted by atomic mass is 9.91. The Morgan fingerprint density at radius 1 is 1.16 bits per heavy atom. The Kier molecular flexibility index (Phi) is 6.22. The van der Waals surface area contributed by atoms with Gasteiger partial charge in [0, 0.05) is 40.4 Å². The summed E-state index contributed by atoms with van der Waals surface area (Å²) in [5, 5.41) is 14.2. The average molecular weight is 609 g/mol. The molecule has 2 unspecified atom stereocenters. The van der Waals surface area contributed by atoms with E-state index in [1.54, 1.807) is 18.3 Å². The van der Waals surface area contributed by atoms with Gasteiger partial charge in [-0.2, -0.15) is 13.2 Å². The molecule has 44 heavy (non-hydrogen) atoms. The highest BCUT2D eigenvalue weighted by Gasteiger charge is 2.68. The van der Waals surface area contributed by atoms with E-state index in [1.807, 2.05) is 0 Å². The van der Waals surface area contributed by atoms with Gasteiger partial charge in [-0.05, 0) is 68.3 Å². The number of hydrogen-bond donors (Lipinski definition) is 2. The van der Waals surface area contributed by atoms with Crippen LogP contribution in [0.1, 0.15) is 41.4 Å². The predicted molar refractivity (Wildman–Crippen MR) is 152 cm³/mol. The van der Waals surface area contributed by atoms with E-state index in [1.165, 1.54) is 49.6 Å². The van der Waals surface area contributed by atoms with Gasteiger partial charge in [-0.15, -0.1) is 0 Å². The first-order valence-corrected chi connectivity index (χ1v) is 14.1. The van der Waals surface area contributed by atoms with E-state index in [9.17, 15) is 27.5 Å². The van der Waals surface area contributed by atoms with Crippen LogP contribution in [-0.2, 0) is 11.1 Å². The number of rotatable bonds is 7. The smallest absolute Gasteiger partial charge is 0.424 e. The Morgan fingerprint density at radius 3 is 2.59 bits per heavy atom. The summed E-state index contributed by atoms with van der Waals surface area (Å²) in [4.78, 5) is 23.9. The summed E-state index contributed by atoms with van der Waals surface area (Å²) in [5.41, 5.74) is -3.61. The Morgan fingerprint density at radius 2 is 1.91 bits per heavy atom. The lowest BCUT2D eigenvalue weighted by Gasteiger charge is -2.31. The second kappa shape index (κ2) is 9.60. The Balaban J connectivity index is 1.29. The number of aromatic nitrogens is 2. The number of alkyl halides is 3. The third kappa shape index (κ3) is 4.38. The van der Waals surface area contributed by atoms with Crippen LogP contribution in [0, 0.1) is 5.82 Å². The zero-order chi connectivity index (χ0) is 31.1. The Hall–Kier alpha value is -4.29. The van der Waals surface area contributed by atoms with Crippen molar-refractivity contribution in [2.45, 2.75) is 42.6 Å². The van der Waals surface area contributed by atoms with E-state index < -0.39 is 41.3 Å². The number of pyridine rings is 2. The van der Waals surface area contributed by atoms with Crippen LogP contribution in [0.5, 0.6) is 11.5 Å². The molecule has 3 atom stereocenters. The van der Waals surface area contributed by atoms with E-state index >= 15 is 0 Å². The van der Waals surface area contributed by atoms with Crippen LogP contribution in [0.2, 0.25) is 0 Å². The quantitative estimate of drug-likeness (QED) is 0.223. The van der Waals surface area contributed by atoms with Gasteiger partial charge in [-0.25, -0.2) is 9.37 Å². The number of methoxy groups -OCH3 is 1. The van der Waals surface area contributed by atoms with Crippen LogP contribution >= 0.6 is 0 Å². The zero-order valence-corrected chi connectivity index (χ0v) is 23.8. The number of nitrogens with zero attached hydrogens (tertiary/aromatic N) is 3. The van der Waals surface area contributed by atoms with Gasteiger partial charge in [-0.3, -0.25) is 14.7 Å². The van der Waals surface area contributed by atoms with Gasteiger partial charge in [0.2, 0.25) is 5.60 Å². The summed E-state index contributed by atoms with van der Waals surface area (Å²) in [6.45, 7) is 1.69. The maximum Gasteiger partial charge on any atom is 0.424 e. The van der Waals surface area contributed by atoms with E-state index in [4.69, 9.17) is 9.47 Å². The molecule has 4 heterocycles. The minimum Gasteiger partial charge on any atom is -0.494 e. The SMILES string of the molecule is COc1cc(C(=O)NCC(O)(c2cc3c(c(-c4ccc(F)cc4)n2)OC[C@]32CN2C2(C)CC2)C(F)(F)F)cc2cccnc12. The first-order chi connectivity index (χ1) is 20.9. The number of fused-ring (bicyclic) bond motifs is 3. The number of nitrogens with one attached hydrogen (secondary N) is 1. The van der Waals surface area contributed by atoms with Crippen molar-refractivity contribution in [1.82, 2.24) is 20.2 Å². The van der Waals surface area contributed by atoms with Gasteiger partial charge in [0.05, 0.1) is 24.9 Å². The molecule has 7 rings (SSSR count). The van der Waals surface area contributed by atoms with Gasteiger partial charge in [0.1, 0.15) is 29.4 Å². The van der Waals surface area contributed by atoms with Crippen molar-refractivity contribution in [3.8, 4) is 22.8 Å². The number of benzene rings is 2. The van der Waals surface area contributed by atoms with Crippen molar-refractivity contribution in [3.05, 3.63) is 83.4 Å². The van der Waals surface area contributed by atoms with Crippen molar-refractivity contribution < 1.29 is 36.9 Å². The van der Waals surface area contributed by atoms with Crippen LogP contribution in [-0.4, -0.2) is 64.4 Å². The molecule has 1 aliphatic carbocycles. The summed E-state index contributed by atoms with van der Waals surface area (Å²) in [7, 11) is 1.40. The Labute approximate surface area is 249 Å². The molecular formula is C32H28F4N4O4. The first kappa shape index (κ1) is 28.5. The van der Waals surface area contributed by atoms with Gasteiger partial charge < -0.3 is 19.9 Å². The second-order valence-electron chi connectivity index (χ2n) is 11.9. The number of amides is 1. The fourth-order valence-corrected chi connectivity index (χ4v) is 6.14. The standard InChI is InChI=1S/C32H28F4N4O4/c1-29(9-10-29)40-16-30(40)17-44-27-22(30)14-24(39-26(27)18-5-7-21(33)8-6-18)31(42,32(34,35)36)15-38-28(41)20-12-19-4-3-11-37-25(19)23(13-20)43-2/h3-8,11-14,42H,9-10,15-17H2,1-2H3,(H,38,41)/t30-,31?,40?/m1/s1. The lowest BCUT2D eigenvalue weighted by Crippen LogP contribution is -2.51. The molecule has 4 aromatic rings. The van der Waals surface area contributed by atoms with Crippen LogP contribution < -0.4 is 14.8 Å². The highest BCUT2D eigenvalue weighted by Crippen LogP contribution is 2.62. The highest BCUT2D eigenvalue weighted by molar-refractivity contribution is 5.99. The van der Waals surface area contributed by atoms with E-state index in [-0.39, 0.29) is 29.2 Å². The molecule has 1 saturated carbocycles. The largest absolute Gasteiger partial charge is 0.494 e. The molecule has 0 bridgehead atoms. The molecule has 1 amide bonds. The average Bonchev–Trinajstić information content (AvgIpc) is 3.91. The molecule has 12 heteroatoms. The van der Waals surface area contributed by atoms with Crippen LogP contribution in [0.25, 0.3) is 22.2 Å². The number of halogens is 4. The molecule has 2 N–H and O–H groups in total. The van der Waals surface area contributed by atoms with Crippen molar-refractivity contribution in [1.29, 1.82) is 0 Å². The van der Waals surface area contributed by atoms with Crippen molar-refractivity contribution >= 4 is 16.8 Å². The minimum absolute atomic E-state index is 0.0273. The molecule has 2 fully saturated rings. The molecule has 3 aliphatic rings. The molecule has 2 aliphatic heterocycles. The summed E-state index contributed by atoms with van der Waals surface area (Å²) < 4.78 is 69.7. The molecule has 2 aromatic carbocycles. The number of hydrogen-bond acceptors (Lipinski definition) is 7. The van der Waals surface area contributed by atoms with Crippen molar-refractivity contribution in [2.75, 3.05) is 26.8 Å². The van der Waals surface area contributed by atoms with Gasteiger partial charge >= 0.3 is 6.18 Å². The van der Waals surface area contributed by atoms with Gasteiger partial charge in [0.25, 0.3) is 5.91 Å². The van der Waals surface area contributed by atoms with E-state index in [2.05, 4.69) is 27.1 Å². The van der Waals surface area contributed by atoms with E-state index in [0.717, 1.165) is 12.8 Å². The number of carbonyl (C=O) groups is 1. The number of ether oxygens (including phenoxy) is 2. The molecule has 2 aromatic heterocycles. The van der Waals surface area contributed by atoms with E-state index in [0.29, 0.717) is 34.3 Å². The van der Waals surface area contributed by atoms with Crippen molar-refractivity contribution in [3.63, 3.8) is 0 Å². The molecular weight excluding hydrogens is 580 g/mol. The van der Waals surface area contributed by atoms with Gasteiger partial charge in [-0.1, -0.05) is 6.07 Å². The minimum atomic E-state index is -5.23. The van der Waals surface area contributed by atoms with Gasteiger partial charge in [0.15, 0.2) is 5.75 Å². The third-order valence-corrected chi connectivity index (χ3v) is 9.05. The maximum atomic E-state index is 14.8. The molecule has 1 spiro atoms. The second-order valence-corrected chi connectivity index (χ2v) is 11.9. The summed E-state index contributed by atoms with van der Waals surface area (Å²) in [5.74, 6) is -0.805. The molecule has 0 radical (unpaired) electrons. The monoisotopic (exact) mass is 608 g/mol. The summed E-state index contributed by atoms with van der Waals surface area (Å²) in [6, 6.07) is 12.6. The number of carbonyl (C=O) groups excluding carboxylic acids is 1. The first-order valence-electron chi connectivity index (χ1n) is 14.1. The molecule has 1 saturated heterocycles. The van der Waals surface area contributed by atoms with Crippen molar-refractivity contribution in [2.24, 2.45) is 0 Å². The zero-order valence-electron chi connectivity index (χ0n) is 23.8. The van der Waals surface area contributed by atoms with Crippen LogP contribution in [0.15, 0.2) is 60.8 Å². The predicted octanol–water partition coefficient (Wildman–Crippen LogP) is 5.08. The highest BCUT2D eigenvalue weighted by atomic mass is 19.4. The fraction of sp³-hybridized carbons (Fsp3) is 0.344. The topological polar surface area (TPSA) is 96.6 Å². The van der Waals surface area contributed by atoms with Crippen LogP contribution in [0.3, 0.4) is 0 Å². The maximum absolute atomic E-state index is 14.8. The third-order valence-electron chi connectivity index (χ3n) is 9.05. The number of aliphatic hydroxyl groups is 1. The molecule has 8 nitrogen and oxygen atoms in total. The normalized spacial score (nSPS) is 22.7. The van der Waals surface area contributed by atoms with Crippen LogP contribution in [0.4, 0.5) is 17.6 Å². The molecule has 228 valence electrons. The Bertz CT molecular complexity index is 1810. The summed E-state index contributed by atoms with van der Waals surface area (Å²) >= 11 is 0. The fourth-order valence-electron chi connectivity index (χ4n) is 6.14.